The highest BCUT2D eigenvalue weighted by atomic mass is 32.2. The van der Waals surface area contributed by atoms with Crippen LogP contribution in [0.25, 0.3) is 0 Å². The lowest BCUT2D eigenvalue weighted by atomic mass is 10.0. The van der Waals surface area contributed by atoms with Gasteiger partial charge in [0.1, 0.15) is 6.04 Å². The number of amides is 3. The molecular formula is C26H26N2O6S. The quantitative estimate of drug-likeness (QED) is 0.274. The maximum atomic E-state index is 12.9. The number of benzene rings is 2. The fraction of sp³-hybridized carbons (Fsp3) is 0.346. The summed E-state index contributed by atoms with van der Waals surface area (Å²) in [5.41, 5.74) is 3.00. The molecule has 0 saturated carbocycles. The SMILES string of the molecule is Cc1ccc(S(=O)(=O)OCCCCC#Cc2cccc3c2CN(C2CCC(=O)NC2=O)C3=O)cc1. The lowest BCUT2D eigenvalue weighted by Gasteiger charge is -2.29. The smallest absolute Gasteiger partial charge is 0.296 e. The highest BCUT2D eigenvalue weighted by Gasteiger charge is 2.39. The predicted molar refractivity (Wildman–Crippen MR) is 128 cm³/mol. The van der Waals surface area contributed by atoms with Gasteiger partial charge < -0.3 is 4.90 Å². The second-order valence-corrected chi connectivity index (χ2v) is 10.2. The van der Waals surface area contributed by atoms with Crippen molar-refractivity contribution < 1.29 is 27.0 Å². The van der Waals surface area contributed by atoms with Crippen molar-refractivity contribution in [2.75, 3.05) is 6.61 Å². The Hall–Kier alpha value is -3.48. The number of hydrogen-bond acceptors (Lipinski definition) is 6. The second kappa shape index (κ2) is 10.4. The summed E-state index contributed by atoms with van der Waals surface area (Å²) >= 11 is 0. The van der Waals surface area contributed by atoms with Gasteiger partial charge in [0, 0.05) is 30.5 Å². The van der Waals surface area contributed by atoms with Crippen LogP contribution >= 0.6 is 0 Å². The van der Waals surface area contributed by atoms with E-state index in [1.807, 2.05) is 13.0 Å². The van der Waals surface area contributed by atoms with Crippen molar-refractivity contribution in [1.29, 1.82) is 0 Å². The van der Waals surface area contributed by atoms with Crippen LogP contribution in [0.2, 0.25) is 0 Å². The van der Waals surface area contributed by atoms with Crippen molar-refractivity contribution in [2.45, 2.75) is 56.5 Å². The molecule has 1 unspecified atom stereocenters. The molecule has 8 nitrogen and oxygen atoms in total. The fourth-order valence-electron chi connectivity index (χ4n) is 4.12. The van der Waals surface area contributed by atoms with Crippen molar-refractivity contribution in [2.24, 2.45) is 0 Å². The molecule has 2 aliphatic heterocycles. The van der Waals surface area contributed by atoms with Crippen molar-refractivity contribution >= 4 is 27.8 Å². The van der Waals surface area contributed by atoms with Gasteiger partial charge in [0.05, 0.1) is 11.5 Å². The number of nitrogens with zero attached hydrogens (tertiary/aromatic N) is 1. The van der Waals surface area contributed by atoms with E-state index >= 15 is 0 Å². The number of nitrogens with one attached hydrogen (secondary N) is 1. The molecule has 182 valence electrons. The predicted octanol–water partition coefficient (Wildman–Crippen LogP) is 2.68. The maximum absolute atomic E-state index is 12.9. The normalized spacial score (nSPS) is 17.6. The number of hydrogen-bond donors (Lipinski definition) is 1. The number of unbranched alkanes of at least 4 members (excludes halogenated alkanes) is 2. The van der Waals surface area contributed by atoms with E-state index in [4.69, 9.17) is 4.18 Å². The van der Waals surface area contributed by atoms with Gasteiger partial charge in [-0.1, -0.05) is 35.6 Å². The van der Waals surface area contributed by atoms with Crippen LogP contribution in [0.5, 0.6) is 0 Å². The molecule has 0 radical (unpaired) electrons. The minimum absolute atomic E-state index is 0.0774. The van der Waals surface area contributed by atoms with Gasteiger partial charge in [-0.05, 0) is 56.0 Å². The molecule has 0 bridgehead atoms. The van der Waals surface area contributed by atoms with Gasteiger partial charge in [-0.3, -0.25) is 23.9 Å². The van der Waals surface area contributed by atoms with Crippen LogP contribution < -0.4 is 5.32 Å². The first kappa shape index (κ1) is 24.6. The topological polar surface area (TPSA) is 110 Å². The van der Waals surface area contributed by atoms with Crippen molar-refractivity contribution in [1.82, 2.24) is 10.2 Å². The Labute approximate surface area is 204 Å². The van der Waals surface area contributed by atoms with Crippen molar-refractivity contribution in [3.63, 3.8) is 0 Å². The van der Waals surface area contributed by atoms with Crippen LogP contribution in [-0.2, 0) is 30.4 Å². The summed E-state index contributed by atoms with van der Waals surface area (Å²) in [6.45, 7) is 2.23. The Bertz CT molecular complexity index is 1320. The Balaban J connectivity index is 1.30. The number of piperidine rings is 1. The lowest BCUT2D eigenvalue weighted by molar-refractivity contribution is -0.136. The first-order valence-electron chi connectivity index (χ1n) is 11.5. The number of carbonyl (C=O) groups excluding carboxylic acids is 3. The summed E-state index contributed by atoms with van der Waals surface area (Å²) in [6, 6.07) is 11.2. The third-order valence-corrected chi connectivity index (χ3v) is 7.38. The maximum Gasteiger partial charge on any atom is 0.296 e. The van der Waals surface area contributed by atoms with Crippen LogP contribution in [0.1, 0.15) is 59.2 Å². The number of carbonyl (C=O) groups is 3. The first-order chi connectivity index (χ1) is 16.8. The van der Waals surface area contributed by atoms with Crippen molar-refractivity contribution in [3.8, 4) is 11.8 Å². The highest BCUT2D eigenvalue weighted by Crippen LogP contribution is 2.29. The van der Waals surface area contributed by atoms with Crippen LogP contribution in [0.4, 0.5) is 0 Å². The molecule has 1 atom stereocenters. The van der Waals surface area contributed by atoms with Crippen LogP contribution in [0, 0.1) is 18.8 Å². The number of rotatable bonds is 7. The first-order valence-corrected chi connectivity index (χ1v) is 12.9. The molecule has 1 N–H and O–H groups in total. The average Bonchev–Trinajstić information content (AvgIpc) is 3.15. The number of fused-ring (bicyclic) bond motifs is 1. The fourth-order valence-corrected chi connectivity index (χ4v) is 5.06. The summed E-state index contributed by atoms with van der Waals surface area (Å²) < 4.78 is 29.5. The van der Waals surface area contributed by atoms with E-state index in [-0.39, 0.29) is 36.3 Å². The summed E-state index contributed by atoms with van der Waals surface area (Å²) in [5, 5.41) is 2.30. The molecule has 1 saturated heterocycles. The van der Waals surface area contributed by atoms with Gasteiger partial charge in [0.15, 0.2) is 0 Å². The van der Waals surface area contributed by atoms with E-state index in [0.717, 1.165) is 16.7 Å². The Kier molecular flexibility index (Phi) is 7.34. The summed E-state index contributed by atoms with van der Waals surface area (Å²) in [4.78, 5) is 38.2. The summed E-state index contributed by atoms with van der Waals surface area (Å²) in [7, 11) is -3.77. The molecule has 2 aliphatic rings. The molecule has 0 aromatic heterocycles. The highest BCUT2D eigenvalue weighted by molar-refractivity contribution is 7.86. The van der Waals surface area contributed by atoms with Gasteiger partial charge >= 0.3 is 0 Å². The largest absolute Gasteiger partial charge is 0.322 e. The van der Waals surface area contributed by atoms with E-state index in [2.05, 4.69) is 17.2 Å². The van der Waals surface area contributed by atoms with E-state index < -0.39 is 22.1 Å². The molecule has 1 fully saturated rings. The molecule has 4 rings (SSSR count). The second-order valence-electron chi connectivity index (χ2n) is 8.58. The Morgan fingerprint density at radius 3 is 2.60 bits per heavy atom. The summed E-state index contributed by atoms with van der Waals surface area (Å²) in [6.07, 6.45) is 2.26. The van der Waals surface area contributed by atoms with Crippen LogP contribution in [0.15, 0.2) is 47.4 Å². The van der Waals surface area contributed by atoms with E-state index in [9.17, 15) is 22.8 Å². The van der Waals surface area contributed by atoms with E-state index in [1.165, 1.54) is 17.0 Å². The molecule has 0 aliphatic carbocycles. The zero-order valence-corrected chi connectivity index (χ0v) is 20.2. The molecule has 3 amide bonds. The Morgan fingerprint density at radius 2 is 1.86 bits per heavy atom. The molecule has 2 heterocycles. The van der Waals surface area contributed by atoms with Crippen LogP contribution in [0.3, 0.4) is 0 Å². The molecule has 35 heavy (non-hydrogen) atoms. The average molecular weight is 495 g/mol. The standard InChI is InChI=1S/C26H26N2O6S/c1-18-10-12-20(13-11-18)35(32,33)34-16-5-3-2-4-7-19-8-6-9-21-22(19)17-28(26(21)31)23-14-15-24(29)27-25(23)30/h6,8-13,23H,2-3,5,14-17H2,1H3,(H,27,29,30). The lowest BCUT2D eigenvalue weighted by Crippen LogP contribution is -2.52. The minimum Gasteiger partial charge on any atom is -0.322 e. The molecule has 9 heteroatoms. The van der Waals surface area contributed by atoms with Gasteiger partial charge in [-0.15, -0.1) is 0 Å². The monoisotopic (exact) mass is 494 g/mol. The van der Waals surface area contributed by atoms with Crippen LogP contribution in [-0.4, -0.2) is 43.7 Å². The zero-order chi connectivity index (χ0) is 25.0. The third-order valence-electron chi connectivity index (χ3n) is 6.05. The summed E-state index contributed by atoms with van der Waals surface area (Å²) in [5.74, 6) is 5.19. The number of aryl methyl sites for hydroxylation is 1. The van der Waals surface area contributed by atoms with Gasteiger partial charge in [0.25, 0.3) is 16.0 Å². The number of imide groups is 1. The van der Waals surface area contributed by atoms with Gasteiger partial charge in [-0.2, -0.15) is 8.42 Å². The third kappa shape index (κ3) is 5.61. The van der Waals surface area contributed by atoms with Gasteiger partial charge in [0.2, 0.25) is 11.8 Å². The molecule has 0 spiro atoms. The molecule has 2 aromatic rings. The van der Waals surface area contributed by atoms with E-state index in [1.54, 1.807) is 24.3 Å². The zero-order valence-electron chi connectivity index (χ0n) is 19.4. The molecule has 2 aromatic carbocycles. The van der Waals surface area contributed by atoms with Crippen molar-refractivity contribution in [3.05, 3.63) is 64.7 Å². The van der Waals surface area contributed by atoms with Gasteiger partial charge in [-0.25, -0.2) is 0 Å². The minimum atomic E-state index is -3.77. The molecular weight excluding hydrogens is 468 g/mol. The Morgan fingerprint density at radius 1 is 1.09 bits per heavy atom. The van der Waals surface area contributed by atoms with E-state index in [0.29, 0.717) is 31.2 Å².